The molecule has 0 unspecified atom stereocenters. The molecule has 0 spiro atoms. The summed E-state index contributed by atoms with van der Waals surface area (Å²) in [6.07, 6.45) is 0. The Morgan fingerprint density at radius 1 is 0.258 bits per heavy atom. The van der Waals surface area contributed by atoms with E-state index in [-0.39, 0.29) is 45.9 Å². The first kappa shape index (κ1) is 57.1. The molecule has 6 heterocycles. The van der Waals surface area contributed by atoms with Crippen molar-refractivity contribution in [3.63, 3.8) is 0 Å². The minimum absolute atomic E-state index is 0.0818. The van der Waals surface area contributed by atoms with Crippen LogP contribution in [0.15, 0.2) is 186 Å². The van der Waals surface area contributed by atoms with Gasteiger partial charge in [0, 0.05) is 56.6 Å². The molecule has 0 bridgehead atoms. The Morgan fingerprint density at radius 3 is 1.01 bits per heavy atom. The van der Waals surface area contributed by atoms with Crippen LogP contribution in [0.1, 0.15) is 158 Å². The molecule has 0 aliphatic carbocycles. The van der Waals surface area contributed by atoms with Crippen LogP contribution in [0.3, 0.4) is 0 Å². The van der Waals surface area contributed by atoms with Gasteiger partial charge in [0.1, 0.15) is 11.4 Å². The monoisotopic (exact) mass is 1160 g/mol. The van der Waals surface area contributed by atoms with Gasteiger partial charge in [-0.25, -0.2) is 0 Å². The highest BCUT2D eigenvalue weighted by molar-refractivity contribution is 7.03. The summed E-state index contributed by atoms with van der Waals surface area (Å²) in [5.41, 5.74) is 31.4. The Hall–Kier alpha value is -8.41. The molecule has 15 rings (SSSR count). The molecule has 444 valence electrons. The molecule has 5 aliphatic rings. The average Bonchev–Trinajstić information content (AvgIpc) is 1.60. The van der Waals surface area contributed by atoms with Gasteiger partial charge >= 0.3 is 0 Å². The van der Waals surface area contributed by atoms with E-state index in [4.69, 9.17) is 4.42 Å². The predicted octanol–water partition coefficient (Wildman–Crippen LogP) is 18.9. The number of rotatable bonds is 4. The Balaban J connectivity index is 1.08. The van der Waals surface area contributed by atoms with Gasteiger partial charge < -0.3 is 24.0 Å². The molecule has 9 aromatic carbocycles. The first-order valence-electron chi connectivity index (χ1n) is 32.5. The number of fused-ring (bicyclic) bond motifs is 11. The zero-order valence-corrected chi connectivity index (χ0v) is 55.7. The van der Waals surface area contributed by atoms with Crippen LogP contribution < -0.4 is 52.4 Å². The number of hydrogen-bond donors (Lipinski definition) is 0. The SMILES string of the molecule is CC(C)(C)c1cc(N2c3ccc(C(C)(C)C)cc3B3c4ccc5c6c4N(c4cccc2c43)c2c(-c3ccccc3)oc(-c3ccccc3)c2N6c2cccc3c2B5c2ccc(C(C)(C)C)cc2N3c2cc(C(C)(C)C)cc(C(C)(C)C)c2)cc(C(C)(C)C)c1. The van der Waals surface area contributed by atoms with Crippen LogP contribution in [0.2, 0.25) is 0 Å². The van der Waals surface area contributed by atoms with Gasteiger partial charge in [0.05, 0.1) is 11.4 Å². The van der Waals surface area contributed by atoms with Crippen LogP contribution in [0, 0.1) is 0 Å². The third kappa shape index (κ3) is 8.71. The van der Waals surface area contributed by atoms with Crippen molar-refractivity contribution in [3.8, 4) is 22.6 Å². The normalized spacial score (nSPS) is 14.7. The van der Waals surface area contributed by atoms with E-state index >= 15 is 0 Å². The quantitative estimate of drug-likeness (QED) is 0.164. The highest BCUT2D eigenvalue weighted by Gasteiger charge is 2.54. The maximum Gasteiger partial charge on any atom is 0.252 e. The second-order valence-electron chi connectivity index (χ2n) is 32.3. The smallest absolute Gasteiger partial charge is 0.252 e. The van der Waals surface area contributed by atoms with Crippen molar-refractivity contribution in [2.75, 3.05) is 19.6 Å². The van der Waals surface area contributed by atoms with Crippen molar-refractivity contribution in [1.82, 2.24) is 0 Å². The number of furan rings is 1. The van der Waals surface area contributed by atoms with E-state index in [9.17, 15) is 0 Å². The van der Waals surface area contributed by atoms with E-state index in [2.05, 4.69) is 326 Å². The molecule has 0 fully saturated rings. The zero-order valence-electron chi connectivity index (χ0n) is 55.7. The maximum absolute atomic E-state index is 7.76. The second-order valence-corrected chi connectivity index (χ2v) is 32.3. The Labute approximate surface area is 530 Å². The molecule has 0 saturated heterocycles. The summed E-state index contributed by atoms with van der Waals surface area (Å²) >= 11 is 0. The summed E-state index contributed by atoms with van der Waals surface area (Å²) in [5.74, 6) is 1.69. The first-order valence-corrected chi connectivity index (χ1v) is 32.5. The number of benzene rings is 9. The summed E-state index contributed by atoms with van der Waals surface area (Å²) in [7, 11) is 0. The lowest BCUT2D eigenvalue weighted by Gasteiger charge is -2.51. The molecule has 89 heavy (non-hydrogen) atoms. The van der Waals surface area contributed by atoms with Gasteiger partial charge in [0.2, 0.25) is 0 Å². The molecular weight excluding hydrogens is 1080 g/mol. The molecule has 0 N–H and O–H groups in total. The summed E-state index contributed by atoms with van der Waals surface area (Å²) in [6, 6.07) is 70.7. The lowest BCUT2D eigenvalue weighted by atomic mass is 9.30. The fourth-order valence-electron chi connectivity index (χ4n) is 15.0. The third-order valence-electron chi connectivity index (χ3n) is 20.0. The molecule has 10 aromatic rings. The van der Waals surface area contributed by atoms with Gasteiger partial charge in [-0.05, 0) is 159 Å². The van der Waals surface area contributed by atoms with Crippen LogP contribution in [0.25, 0.3) is 22.6 Å². The minimum atomic E-state index is -0.105. The average molecular weight is 1160 g/mol. The number of hydrogen-bond acceptors (Lipinski definition) is 5. The fourth-order valence-corrected chi connectivity index (χ4v) is 15.0. The van der Waals surface area contributed by atoms with Crippen LogP contribution in [-0.4, -0.2) is 13.4 Å². The van der Waals surface area contributed by atoms with Crippen LogP contribution in [0.4, 0.5) is 68.2 Å². The molecular formula is C82H84B2N4O. The summed E-state index contributed by atoms with van der Waals surface area (Å²) < 4.78 is 7.76. The fraction of sp³-hybridized carbons (Fsp3) is 0.293. The summed E-state index contributed by atoms with van der Waals surface area (Å²) in [5, 5.41) is 0. The standard InChI is InChI=1S/C82H84B2N4O/c1-77(2,3)51-36-40-63-62(47-51)84-61-39-38-60-71-72(61)88(67-34-25-31-64(70(67)84)85(63)57-43-53(79(7,8)9)41-54(44-57)80(10,11)12)74-73(75(49-27-21-19-22-28-49)89-76(74)50-29-23-20-24-30-50)87(71)66-33-26-32-65-69(66)83(60)59-37-35-52(78(4,5)6)48-68(59)86(65)58-45-55(81(13,14)15)42-56(46-58)82(16,17)18/h19-48H,1-18H3. The predicted molar refractivity (Wildman–Crippen MR) is 383 cm³/mol. The topological polar surface area (TPSA) is 26.1 Å². The molecule has 5 aliphatic heterocycles. The van der Waals surface area contributed by atoms with Crippen molar-refractivity contribution in [2.24, 2.45) is 0 Å². The van der Waals surface area contributed by atoms with E-state index < -0.39 is 0 Å². The molecule has 0 radical (unpaired) electrons. The van der Waals surface area contributed by atoms with Crippen molar-refractivity contribution in [3.05, 3.63) is 215 Å². The van der Waals surface area contributed by atoms with Crippen molar-refractivity contribution >= 4 is 114 Å². The van der Waals surface area contributed by atoms with Gasteiger partial charge in [-0.1, -0.05) is 246 Å². The molecule has 7 heteroatoms. The van der Waals surface area contributed by atoms with Gasteiger partial charge in [-0.2, -0.15) is 0 Å². The van der Waals surface area contributed by atoms with Gasteiger partial charge in [-0.15, -0.1) is 0 Å². The van der Waals surface area contributed by atoms with Crippen molar-refractivity contribution in [2.45, 2.75) is 157 Å². The highest BCUT2D eigenvalue weighted by Crippen LogP contribution is 2.63. The Kier molecular flexibility index (Phi) is 12.2. The van der Waals surface area contributed by atoms with Gasteiger partial charge in [0.15, 0.2) is 11.5 Å². The molecule has 0 amide bonds. The van der Waals surface area contributed by atoms with Crippen LogP contribution >= 0.6 is 0 Å². The lowest BCUT2D eigenvalue weighted by molar-refractivity contribution is 0.568. The van der Waals surface area contributed by atoms with Crippen molar-refractivity contribution < 1.29 is 4.42 Å². The Morgan fingerprint density at radius 2 is 0.607 bits per heavy atom. The van der Waals surface area contributed by atoms with E-state index in [0.29, 0.717) is 0 Å². The zero-order chi connectivity index (χ0) is 62.6. The van der Waals surface area contributed by atoms with E-state index in [1.807, 2.05) is 0 Å². The maximum atomic E-state index is 7.76. The molecule has 0 atom stereocenters. The van der Waals surface area contributed by atoms with E-state index in [1.165, 1.54) is 123 Å². The van der Waals surface area contributed by atoms with Crippen molar-refractivity contribution in [1.29, 1.82) is 0 Å². The first-order chi connectivity index (χ1) is 42.0. The molecule has 5 nitrogen and oxygen atoms in total. The minimum Gasteiger partial charge on any atom is -0.452 e. The third-order valence-corrected chi connectivity index (χ3v) is 20.0. The number of nitrogens with zero attached hydrogens (tertiary/aromatic N) is 4. The van der Waals surface area contributed by atoms with E-state index in [0.717, 1.165) is 34.0 Å². The molecule has 1 aromatic heterocycles. The van der Waals surface area contributed by atoms with E-state index in [1.54, 1.807) is 0 Å². The number of anilines is 12. The van der Waals surface area contributed by atoms with Crippen LogP contribution in [0.5, 0.6) is 0 Å². The van der Waals surface area contributed by atoms with Crippen LogP contribution in [-0.2, 0) is 32.5 Å². The summed E-state index contributed by atoms with van der Waals surface area (Å²) in [6.45, 7) is 42.2. The van der Waals surface area contributed by atoms with Gasteiger partial charge in [-0.3, -0.25) is 0 Å². The second kappa shape index (κ2) is 19.1. The highest BCUT2D eigenvalue weighted by atomic mass is 16.3. The molecule has 0 saturated carbocycles. The Bertz CT molecular complexity index is 4520. The summed E-state index contributed by atoms with van der Waals surface area (Å²) in [4.78, 5) is 10.6. The lowest BCUT2D eigenvalue weighted by Crippen LogP contribution is -2.65. The van der Waals surface area contributed by atoms with Gasteiger partial charge in [0.25, 0.3) is 13.4 Å². The largest absolute Gasteiger partial charge is 0.452 e.